The third kappa shape index (κ3) is 4.20. The zero-order chi connectivity index (χ0) is 6.41. The van der Waals surface area contributed by atoms with Gasteiger partial charge in [-0.15, -0.1) is 11.6 Å². The number of unbranched alkanes of at least 4 members (excludes halogenated alkanes) is 1. The molecule has 0 saturated heterocycles. The van der Waals surface area contributed by atoms with Crippen LogP contribution in [-0.2, 0) is 0 Å². The fourth-order valence-corrected chi connectivity index (χ4v) is 0.554. The van der Waals surface area contributed by atoms with Gasteiger partial charge in [0, 0.05) is 5.88 Å². The molecule has 8 heavy (non-hydrogen) atoms. The molecule has 0 spiro atoms. The minimum atomic E-state index is 0.681. The summed E-state index contributed by atoms with van der Waals surface area (Å²) in [6.45, 7) is 4.22. The highest BCUT2D eigenvalue weighted by Gasteiger charge is 1.81. The molecular weight excluding hydrogens is 120 g/mol. The second-order valence-electron chi connectivity index (χ2n) is 1.97. The van der Waals surface area contributed by atoms with Gasteiger partial charge in [0.05, 0.1) is 0 Å². The molecule has 0 aliphatic rings. The number of alkyl halides is 1. The molecule has 0 N–H and O–H groups in total. The van der Waals surface area contributed by atoms with Crippen LogP contribution >= 0.6 is 11.6 Å². The molecule has 0 bridgehead atoms. The van der Waals surface area contributed by atoms with Gasteiger partial charge in [-0.1, -0.05) is 25.0 Å². The lowest BCUT2D eigenvalue weighted by molar-refractivity contribution is 0.949. The fraction of sp³-hybridized carbons (Fsp3) is 0.714. The van der Waals surface area contributed by atoms with E-state index in [9.17, 15) is 0 Å². The molecule has 0 heterocycles. The minimum absolute atomic E-state index is 0.681. The van der Waals surface area contributed by atoms with E-state index >= 15 is 0 Å². The van der Waals surface area contributed by atoms with Gasteiger partial charge in [-0.05, 0) is 13.3 Å². The van der Waals surface area contributed by atoms with Crippen LogP contribution < -0.4 is 0 Å². The molecule has 1 heteroatoms. The van der Waals surface area contributed by atoms with Crippen molar-refractivity contribution in [2.24, 2.45) is 0 Å². The SMILES string of the molecule is CCC/C=C(/C)CCl. The van der Waals surface area contributed by atoms with Crippen molar-refractivity contribution in [3.8, 4) is 0 Å². The van der Waals surface area contributed by atoms with Crippen LogP contribution in [0.4, 0.5) is 0 Å². The van der Waals surface area contributed by atoms with E-state index in [-0.39, 0.29) is 0 Å². The molecule has 0 aliphatic carbocycles. The predicted molar refractivity (Wildman–Crippen MR) is 39.4 cm³/mol. The van der Waals surface area contributed by atoms with Crippen LogP contribution in [0.5, 0.6) is 0 Å². The van der Waals surface area contributed by atoms with E-state index in [0.29, 0.717) is 5.88 Å². The molecule has 0 radical (unpaired) electrons. The van der Waals surface area contributed by atoms with Gasteiger partial charge in [0.1, 0.15) is 0 Å². The summed E-state index contributed by atoms with van der Waals surface area (Å²) in [6.07, 6.45) is 4.57. The topological polar surface area (TPSA) is 0 Å². The molecule has 0 aromatic carbocycles. The van der Waals surface area contributed by atoms with Crippen molar-refractivity contribution in [2.45, 2.75) is 26.7 Å². The van der Waals surface area contributed by atoms with Gasteiger partial charge in [0.2, 0.25) is 0 Å². The third-order valence-corrected chi connectivity index (χ3v) is 1.41. The Kier molecular flexibility index (Phi) is 5.19. The summed E-state index contributed by atoms with van der Waals surface area (Å²) in [5, 5.41) is 0. The summed E-state index contributed by atoms with van der Waals surface area (Å²) in [4.78, 5) is 0. The van der Waals surface area contributed by atoms with E-state index in [1.165, 1.54) is 18.4 Å². The number of allylic oxidation sites excluding steroid dienone is 2. The lowest BCUT2D eigenvalue weighted by Crippen LogP contribution is -1.74. The van der Waals surface area contributed by atoms with Crippen molar-refractivity contribution >= 4 is 11.6 Å². The molecular formula is C7H13Cl. The Labute approximate surface area is 56.5 Å². The molecule has 0 amide bonds. The average Bonchev–Trinajstić information content (AvgIpc) is 1.83. The summed E-state index contributed by atoms with van der Waals surface area (Å²) in [5.41, 5.74) is 1.29. The lowest BCUT2D eigenvalue weighted by Gasteiger charge is -1.89. The first-order valence-corrected chi connectivity index (χ1v) is 3.56. The lowest BCUT2D eigenvalue weighted by atomic mass is 10.2. The zero-order valence-electron chi connectivity index (χ0n) is 5.58. The first kappa shape index (κ1) is 8.03. The van der Waals surface area contributed by atoms with Crippen LogP contribution in [0.1, 0.15) is 26.7 Å². The molecule has 48 valence electrons. The van der Waals surface area contributed by atoms with Crippen LogP contribution in [0.3, 0.4) is 0 Å². The highest BCUT2D eigenvalue weighted by Crippen LogP contribution is 1.98. The van der Waals surface area contributed by atoms with Crippen LogP contribution in [0.2, 0.25) is 0 Å². The molecule has 0 atom stereocenters. The van der Waals surface area contributed by atoms with Crippen LogP contribution in [-0.4, -0.2) is 5.88 Å². The molecule has 0 aromatic rings. The van der Waals surface area contributed by atoms with Gasteiger partial charge >= 0.3 is 0 Å². The second kappa shape index (κ2) is 5.17. The summed E-state index contributed by atoms with van der Waals surface area (Å²) < 4.78 is 0. The Morgan fingerprint density at radius 3 is 2.62 bits per heavy atom. The minimum Gasteiger partial charge on any atom is -0.122 e. The van der Waals surface area contributed by atoms with E-state index in [2.05, 4.69) is 19.9 Å². The van der Waals surface area contributed by atoms with Crippen molar-refractivity contribution < 1.29 is 0 Å². The second-order valence-corrected chi connectivity index (χ2v) is 2.24. The molecule has 0 fully saturated rings. The summed E-state index contributed by atoms with van der Waals surface area (Å²) in [6, 6.07) is 0. The van der Waals surface area contributed by atoms with Gasteiger partial charge in [-0.25, -0.2) is 0 Å². The van der Waals surface area contributed by atoms with E-state index < -0.39 is 0 Å². The molecule has 0 saturated carbocycles. The van der Waals surface area contributed by atoms with Crippen molar-refractivity contribution in [3.05, 3.63) is 11.6 Å². The van der Waals surface area contributed by atoms with Crippen LogP contribution in [0.15, 0.2) is 11.6 Å². The molecule has 0 aromatic heterocycles. The van der Waals surface area contributed by atoms with Crippen LogP contribution in [0.25, 0.3) is 0 Å². The zero-order valence-corrected chi connectivity index (χ0v) is 6.33. The van der Waals surface area contributed by atoms with Gasteiger partial charge in [0.15, 0.2) is 0 Å². The van der Waals surface area contributed by atoms with E-state index in [0.717, 1.165) is 0 Å². The monoisotopic (exact) mass is 132 g/mol. The summed E-state index contributed by atoms with van der Waals surface area (Å²) in [7, 11) is 0. The highest BCUT2D eigenvalue weighted by molar-refractivity contribution is 6.19. The largest absolute Gasteiger partial charge is 0.122 e. The van der Waals surface area contributed by atoms with E-state index in [1.807, 2.05) is 0 Å². The number of halogens is 1. The van der Waals surface area contributed by atoms with E-state index in [1.54, 1.807) is 0 Å². The Hall–Kier alpha value is 0.0300. The number of rotatable bonds is 3. The van der Waals surface area contributed by atoms with Crippen molar-refractivity contribution in [1.29, 1.82) is 0 Å². The number of hydrogen-bond acceptors (Lipinski definition) is 0. The van der Waals surface area contributed by atoms with Gasteiger partial charge in [-0.3, -0.25) is 0 Å². The standard InChI is InChI=1S/C7H13Cl/c1-3-4-5-7(2)6-8/h5H,3-4,6H2,1-2H3/b7-5-. The molecule has 0 unspecified atom stereocenters. The highest BCUT2D eigenvalue weighted by atomic mass is 35.5. The maximum Gasteiger partial charge on any atom is 0.0430 e. The molecule has 0 nitrogen and oxygen atoms in total. The van der Waals surface area contributed by atoms with Gasteiger partial charge < -0.3 is 0 Å². The average molecular weight is 133 g/mol. The van der Waals surface area contributed by atoms with Gasteiger partial charge in [-0.2, -0.15) is 0 Å². The maximum atomic E-state index is 5.52. The fourth-order valence-electron chi connectivity index (χ4n) is 0.445. The maximum absolute atomic E-state index is 5.52. The summed E-state index contributed by atoms with van der Waals surface area (Å²) in [5.74, 6) is 0.681. The Morgan fingerprint density at radius 1 is 1.62 bits per heavy atom. The van der Waals surface area contributed by atoms with Crippen LogP contribution in [0, 0.1) is 0 Å². The Morgan fingerprint density at radius 2 is 2.25 bits per heavy atom. The first-order valence-electron chi connectivity index (χ1n) is 3.02. The van der Waals surface area contributed by atoms with E-state index in [4.69, 9.17) is 11.6 Å². The van der Waals surface area contributed by atoms with Crippen molar-refractivity contribution in [3.63, 3.8) is 0 Å². The normalized spacial score (nSPS) is 12.1. The van der Waals surface area contributed by atoms with Crippen molar-refractivity contribution in [2.75, 3.05) is 5.88 Å². The number of hydrogen-bond donors (Lipinski definition) is 0. The first-order chi connectivity index (χ1) is 3.81. The Balaban J connectivity index is 3.26. The molecule has 0 rings (SSSR count). The quantitative estimate of drug-likeness (QED) is 0.409. The Bertz CT molecular complexity index is 74.5. The predicted octanol–water partition coefficient (Wildman–Crippen LogP) is 2.97. The third-order valence-electron chi connectivity index (χ3n) is 0.992. The molecule has 0 aliphatic heterocycles. The summed E-state index contributed by atoms with van der Waals surface area (Å²) >= 11 is 5.52. The van der Waals surface area contributed by atoms with Gasteiger partial charge in [0.25, 0.3) is 0 Å². The smallest absolute Gasteiger partial charge is 0.0430 e. The van der Waals surface area contributed by atoms with Crippen molar-refractivity contribution in [1.82, 2.24) is 0 Å².